The van der Waals surface area contributed by atoms with Crippen molar-refractivity contribution in [2.45, 2.75) is 46.2 Å². The number of amides is 2. The number of carboxylic acids is 1. The lowest BCUT2D eigenvalue weighted by atomic mass is 9.87. The van der Waals surface area contributed by atoms with Gasteiger partial charge in [-0.3, -0.25) is 0 Å². The maximum atomic E-state index is 12.3. The number of nitrogens with one attached hydrogen (secondary N) is 1. The van der Waals surface area contributed by atoms with Gasteiger partial charge in [-0.1, -0.05) is 20.8 Å². The second-order valence-electron chi connectivity index (χ2n) is 6.60. The van der Waals surface area contributed by atoms with Gasteiger partial charge in [0.1, 0.15) is 6.04 Å². The summed E-state index contributed by atoms with van der Waals surface area (Å²) in [5.41, 5.74) is -0.971. The smallest absolute Gasteiger partial charge is 0.326 e. The highest BCUT2D eigenvalue weighted by Crippen LogP contribution is 2.22. The zero-order valence-corrected chi connectivity index (χ0v) is 12.3. The number of carbonyl (C=O) groups is 2. The van der Waals surface area contributed by atoms with Crippen LogP contribution in [0.4, 0.5) is 4.79 Å². The van der Waals surface area contributed by atoms with E-state index in [1.54, 1.807) is 25.7 Å². The molecule has 110 valence electrons. The summed E-state index contributed by atoms with van der Waals surface area (Å²) in [6.07, 6.45) is 0. The van der Waals surface area contributed by atoms with Gasteiger partial charge in [-0.25, -0.2) is 9.59 Å². The Hall–Kier alpha value is -1.30. The molecule has 0 saturated carbocycles. The van der Waals surface area contributed by atoms with Gasteiger partial charge in [0.2, 0.25) is 0 Å². The van der Waals surface area contributed by atoms with Gasteiger partial charge in [0.25, 0.3) is 0 Å². The molecule has 0 aromatic heterocycles. The quantitative estimate of drug-likeness (QED) is 0.794. The van der Waals surface area contributed by atoms with Crippen molar-refractivity contribution in [3.05, 3.63) is 0 Å². The highest BCUT2D eigenvalue weighted by molar-refractivity contribution is 5.83. The largest absolute Gasteiger partial charge is 0.480 e. The van der Waals surface area contributed by atoms with Crippen LogP contribution in [-0.4, -0.2) is 53.3 Å². The molecule has 0 aromatic rings. The summed E-state index contributed by atoms with van der Waals surface area (Å²) >= 11 is 0. The maximum absolute atomic E-state index is 12.3. The molecule has 1 atom stereocenters. The van der Waals surface area contributed by atoms with Crippen LogP contribution in [0.25, 0.3) is 0 Å². The molecular formula is C13H24N2O4. The Balaban J connectivity index is 2.80. The molecule has 0 bridgehead atoms. The van der Waals surface area contributed by atoms with Crippen molar-refractivity contribution in [1.82, 2.24) is 10.2 Å². The Labute approximate surface area is 114 Å². The number of hydrogen-bond donors (Lipinski definition) is 2. The zero-order chi connectivity index (χ0) is 14.8. The molecule has 1 rings (SSSR count). The molecule has 0 aliphatic carbocycles. The number of rotatable bonds is 2. The molecule has 1 aliphatic heterocycles. The zero-order valence-electron chi connectivity index (χ0n) is 12.3. The summed E-state index contributed by atoms with van der Waals surface area (Å²) in [4.78, 5) is 25.2. The van der Waals surface area contributed by atoms with Crippen LogP contribution in [-0.2, 0) is 9.53 Å². The number of nitrogens with zero attached hydrogens (tertiary/aromatic N) is 1. The molecule has 2 N–H and O–H groups in total. The van der Waals surface area contributed by atoms with Gasteiger partial charge in [-0.15, -0.1) is 0 Å². The molecule has 6 nitrogen and oxygen atoms in total. The highest BCUT2D eigenvalue weighted by Gasteiger charge is 2.38. The van der Waals surface area contributed by atoms with Crippen molar-refractivity contribution in [3.8, 4) is 0 Å². The van der Waals surface area contributed by atoms with E-state index in [9.17, 15) is 14.7 Å². The number of carbonyl (C=O) groups excluding carboxylic acids is 1. The van der Waals surface area contributed by atoms with Gasteiger partial charge in [-0.2, -0.15) is 0 Å². The number of carboxylic acid groups (broad SMARTS) is 1. The third-order valence-corrected chi connectivity index (χ3v) is 3.27. The monoisotopic (exact) mass is 272 g/mol. The average Bonchev–Trinajstić information content (AvgIpc) is 2.22. The van der Waals surface area contributed by atoms with Crippen molar-refractivity contribution >= 4 is 12.0 Å². The van der Waals surface area contributed by atoms with E-state index < -0.39 is 23.0 Å². The fraction of sp³-hybridized carbons (Fsp3) is 0.846. The lowest BCUT2D eigenvalue weighted by Crippen LogP contribution is -2.61. The summed E-state index contributed by atoms with van der Waals surface area (Å²) < 4.78 is 5.35. The van der Waals surface area contributed by atoms with Crippen LogP contribution >= 0.6 is 0 Å². The molecule has 19 heavy (non-hydrogen) atoms. The van der Waals surface area contributed by atoms with Gasteiger partial charge >= 0.3 is 12.0 Å². The van der Waals surface area contributed by atoms with Crippen LogP contribution in [0.15, 0.2) is 0 Å². The second-order valence-corrected chi connectivity index (χ2v) is 6.60. The third kappa shape index (κ3) is 3.83. The standard InChI is InChI=1S/C13H24N2O4/c1-12(2,3)9(10(16)17)14-11(18)15-6-7-19-8-13(15,4)5/h9H,6-8H2,1-5H3,(H,14,18)(H,16,17)/t9-/m0/s1. The minimum Gasteiger partial charge on any atom is -0.480 e. The molecule has 1 fully saturated rings. The van der Waals surface area contributed by atoms with E-state index in [-0.39, 0.29) is 6.03 Å². The van der Waals surface area contributed by atoms with E-state index in [1.807, 2.05) is 13.8 Å². The van der Waals surface area contributed by atoms with Crippen molar-refractivity contribution in [1.29, 1.82) is 0 Å². The lowest BCUT2D eigenvalue weighted by Gasteiger charge is -2.43. The summed E-state index contributed by atoms with van der Waals surface area (Å²) in [5, 5.41) is 11.8. The number of ether oxygens (including phenoxy) is 1. The minimum absolute atomic E-state index is 0.351. The molecule has 6 heteroatoms. The summed E-state index contributed by atoms with van der Waals surface area (Å²) in [6, 6.07) is -1.27. The number of hydrogen-bond acceptors (Lipinski definition) is 3. The van der Waals surface area contributed by atoms with E-state index in [4.69, 9.17) is 4.74 Å². The first-order valence-electron chi connectivity index (χ1n) is 6.44. The normalized spacial score (nSPS) is 20.8. The van der Waals surface area contributed by atoms with Crippen LogP contribution in [0.5, 0.6) is 0 Å². The van der Waals surface area contributed by atoms with Gasteiger partial charge in [0, 0.05) is 6.54 Å². The van der Waals surface area contributed by atoms with E-state index >= 15 is 0 Å². The Kier molecular flexibility index (Phi) is 4.45. The predicted molar refractivity (Wildman–Crippen MR) is 71.0 cm³/mol. The number of aliphatic carboxylic acids is 1. The first-order valence-corrected chi connectivity index (χ1v) is 6.44. The first kappa shape index (κ1) is 15.8. The van der Waals surface area contributed by atoms with Gasteiger partial charge < -0.3 is 20.1 Å². The first-order chi connectivity index (χ1) is 8.55. The Morgan fingerprint density at radius 1 is 1.37 bits per heavy atom. The molecule has 1 saturated heterocycles. The van der Waals surface area contributed by atoms with Crippen LogP contribution < -0.4 is 5.32 Å². The summed E-state index contributed by atoms with van der Waals surface area (Å²) in [7, 11) is 0. The predicted octanol–water partition coefficient (Wildman–Crippen LogP) is 1.31. The van der Waals surface area contributed by atoms with Crippen molar-refractivity contribution in [2.75, 3.05) is 19.8 Å². The molecule has 0 aromatic carbocycles. The Bertz CT molecular complexity index is 360. The van der Waals surface area contributed by atoms with Crippen LogP contribution in [0.3, 0.4) is 0 Å². The maximum Gasteiger partial charge on any atom is 0.326 e. The van der Waals surface area contributed by atoms with Gasteiger partial charge in [0.15, 0.2) is 0 Å². The molecule has 0 radical (unpaired) electrons. The van der Waals surface area contributed by atoms with Gasteiger partial charge in [0.05, 0.1) is 18.8 Å². The van der Waals surface area contributed by atoms with Gasteiger partial charge in [-0.05, 0) is 19.3 Å². The topological polar surface area (TPSA) is 78.9 Å². The van der Waals surface area contributed by atoms with Crippen LogP contribution in [0, 0.1) is 5.41 Å². The lowest BCUT2D eigenvalue weighted by molar-refractivity contribution is -0.142. The Morgan fingerprint density at radius 3 is 2.37 bits per heavy atom. The number of urea groups is 1. The molecule has 0 unspecified atom stereocenters. The summed E-state index contributed by atoms with van der Waals surface area (Å²) in [6.45, 7) is 10.6. The minimum atomic E-state index is -1.02. The van der Waals surface area contributed by atoms with E-state index in [2.05, 4.69) is 5.32 Å². The van der Waals surface area contributed by atoms with Crippen LogP contribution in [0.1, 0.15) is 34.6 Å². The SMILES string of the molecule is CC(C)(C)[C@@H](NC(=O)N1CCOCC1(C)C)C(=O)O. The summed E-state index contributed by atoms with van der Waals surface area (Å²) in [5.74, 6) is -1.02. The van der Waals surface area contributed by atoms with Crippen molar-refractivity contribution in [2.24, 2.45) is 5.41 Å². The third-order valence-electron chi connectivity index (χ3n) is 3.27. The van der Waals surface area contributed by atoms with E-state index in [0.717, 1.165) is 0 Å². The molecule has 2 amide bonds. The van der Waals surface area contributed by atoms with Crippen molar-refractivity contribution in [3.63, 3.8) is 0 Å². The van der Waals surface area contributed by atoms with Crippen LogP contribution in [0.2, 0.25) is 0 Å². The second kappa shape index (κ2) is 5.36. The Morgan fingerprint density at radius 2 is 1.95 bits per heavy atom. The average molecular weight is 272 g/mol. The molecule has 0 spiro atoms. The van der Waals surface area contributed by atoms with E-state index in [1.165, 1.54) is 0 Å². The molecule has 1 aliphatic rings. The van der Waals surface area contributed by atoms with Crippen molar-refractivity contribution < 1.29 is 19.4 Å². The molecule has 1 heterocycles. The van der Waals surface area contributed by atoms with E-state index in [0.29, 0.717) is 19.8 Å². The fourth-order valence-electron chi connectivity index (χ4n) is 2.08. The number of morpholine rings is 1. The fourth-order valence-corrected chi connectivity index (χ4v) is 2.08. The highest BCUT2D eigenvalue weighted by atomic mass is 16.5. The molecular weight excluding hydrogens is 248 g/mol.